The van der Waals surface area contributed by atoms with Gasteiger partial charge in [0.2, 0.25) is 0 Å². The van der Waals surface area contributed by atoms with E-state index in [1.807, 2.05) is 85.0 Å². The number of nitrogens with zero attached hydrogens (tertiary/aromatic N) is 10. The van der Waals surface area contributed by atoms with E-state index in [1.54, 1.807) is 30.7 Å². The fourth-order valence-corrected chi connectivity index (χ4v) is 9.00. The molecule has 0 unspecified atom stereocenters. The van der Waals surface area contributed by atoms with Gasteiger partial charge in [0.05, 0.1) is 57.4 Å². The van der Waals surface area contributed by atoms with E-state index in [0.717, 1.165) is 34.0 Å². The highest BCUT2D eigenvalue weighted by molar-refractivity contribution is 14.1. The highest BCUT2D eigenvalue weighted by Gasteiger charge is 2.36. The van der Waals surface area contributed by atoms with Crippen molar-refractivity contribution in [2.75, 3.05) is 11.5 Å². The Hall–Kier alpha value is -8.25. The molecule has 77 heavy (non-hydrogen) atoms. The van der Waals surface area contributed by atoms with Crippen molar-refractivity contribution in [2.45, 2.75) is 78.2 Å². The quantitative estimate of drug-likeness (QED) is 0.0697. The third-order valence-corrected chi connectivity index (χ3v) is 12.5. The Bertz CT molecular complexity index is 3990. The summed E-state index contributed by atoms with van der Waals surface area (Å²) in [5.74, 6) is 8.14. The van der Waals surface area contributed by atoms with Crippen LogP contribution in [0, 0.1) is 41.7 Å². The number of hydrogen-bond acceptors (Lipinski definition) is 12. The highest BCUT2D eigenvalue weighted by Crippen LogP contribution is 2.41. The second-order valence-electron chi connectivity index (χ2n) is 18.8. The molecule has 6 aromatic heterocycles. The molecule has 0 spiro atoms. The summed E-state index contributed by atoms with van der Waals surface area (Å²) in [7, 11) is 0. The molecule has 4 aromatic carbocycles. The van der Waals surface area contributed by atoms with Gasteiger partial charge in [-0.3, -0.25) is 0 Å². The summed E-state index contributed by atoms with van der Waals surface area (Å²) in [4.78, 5) is 26.1. The van der Waals surface area contributed by atoms with Crippen molar-refractivity contribution < 1.29 is 36.6 Å². The molecule has 0 fully saturated rings. The minimum atomic E-state index is -4.57. The first-order valence-corrected chi connectivity index (χ1v) is 24.5. The Morgan fingerprint density at radius 2 is 1.03 bits per heavy atom. The Morgan fingerprint density at radius 3 is 1.47 bits per heavy atom. The van der Waals surface area contributed by atoms with Crippen molar-refractivity contribution >= 4 is 78.1 Å². The fraction of sp³-hybridized carbons (Fsp3) is 0.214. The number of alkyl halides is 6. The molecule has 0 aliphatic carbocycles. The standard InChI is InChI=1S/C28H23F3N6O.C23H16F3IN6.C5H8O/c1-16-7-6-8-17-13-18(24(35-23(16)17)19-9-4-5-10-20(19)28(29,30)31)14-37-26-22(25(32)33-15-34-26)21(36-37)11-12-27(2,3)38;1-12-5-4-6-13-9-14(10-33-22-17(20(27)32-33)21(28)29-11-30-22)19(31-18(12)13)15-7-2-3-8-16(15)23(24,25)26;1-4-5(2,3)6/h4-10,13,15,38H,14H2,1-3H3,(H2,32,33,34);2-9,11H,10H2,1H3,(H2,28,29,30);1,6H,2-3H3. The van der Waals surface area contributed by atoms with Gasteiger partial charge >= 0.3 is 12.4 Å². The number of hydrogen-bond donors (Lipinski definition) is 4. The maximum Gasteiger partial charge on any atom is 0.417 e. The molecule has 14 nitrogen and oxygen atoms in total. The molecule has 0 saturated heterocycles. The van der Waals surface area contributed by atoms with Crippen LogP contribution in [0.2, 0.25) is 0 Å². The molecule has 10 aromatic rings. The van der Waals surface area contributed by atoms with E-state index >= 15 is 0 Å². The van der Waals surface area contributed by atoms with Crippen LogP contribution in [-0.4, -0.2) is 70.9 Å². The average Bonchev–Trinajstić information content (AvgIpc) is 3.91. The number of aliphatic hydroxyl groups is 2. The minimum Gasteiger partial charge on any atom is -0.383 e. The number of terminal acetylenes is 1. The highest BCUT2D eigenvalue weighted by atomic mass is 127. The van der Waals surface area contributed by atoms with Gasteiger partial charge in [-0.05, 0) is 105 Å². The van der Waals surface area contributed by atoms with Gasteiger partial charge in [-0.15, -0.1) is 6.42 Å². The van der Waals surface area contributed by atoms with Crippen molar-refractivity contribution in [3.05, 3.63) is 152 Å². The maximum absolute atomic E-state index is 14.0. The van der Waals surface area contributed by atoms with Crippen LogP contribution in [-0.2, 0) is 25.4 Å². The predicted molar refractivity (Wildman–Crippen MR) is 293 cm³/mol. The Kier molecular flexibility index (Phi) is 15.3. The van der Waals surface area contributed by atoms with Crippen molar-refractivity contribution in [3.63, 3.8) is 0 Å². The van der Waals surface area contributed by atoms with E-state index in [2.05, 4.69) is 47.9 Å². The number of para-hydroxylation sites is 2. The van der Waals surface area contributed by atoms with Crippen LogP contribution < -0.4 is 11.5 Å². The molecule has 0 aliphatic rings. The van der Waals surface area contributed by atoms with Crippen LogP contribution in [0.1, 0.15) is 66.8 Å². The SMILES string of the molecule is C#CC(C)(C)O.Cc1cccc2cc(Cn3nc(C#CC(C)(C)O)c4c(N)ncnc43)c(-c3ccccc3C(F)(F)F)nc12.Cc1cccc2cc(Cn3nc(I)c4c(N)ncnc43)c(-c3ccccc3C(F)(F)F)nc12. The number of aromatic nitrogens is 10. The summed E-state index contributed by atoms with van der Waals surface area (Å²) in [5.41, 5.74) is 14.0. The predicted octanol–water partition coefficient (Wildman–Crippen LogP) is 11.1. The van der Waals surface area contributed by atoms with E-state index in [1.165, 1.54) is 55.4 Å². The van der Waals surface area contributed by atoms with Gasteiger partial charge in [-0.2, -0.15) is 36.5 Å². The van der Waals surface area contributed by atoms with Gasteiger partial charge in [0, 0.05) is 33.0 Å². The lowest BCUT2D eigenvalue weighted by Crippen LogP contribution is -2.14. The number of fused-ring (bicyclic) bond motifs is 4. The molecule has 6 heterocycles. The topological polar surface area (TPSA) is 205 Å². The summed E-state index contributed by atoms with van der Waals surface area (Å²) in [5, 5.41) is 30.3. The molecule has 0 saturated carbocycles. The van der Waals surface area contributed by atoms with Crippen LogP contribution in [0.5, 0.6) is 0 Å². The molecule has 6 N–H and O–H groups in total. The number of halogens is 7. The van der Waals surface area contributed by atoms with Gasteiger partial charge in [0.15, 0.2) is 11.3 Å². The second-order valence-corrected chi connectivity index (χ2v) is 19.8. The molecular weight excluding hydrogens is 1110 g/mol. The zero-order valence-corrected chi connectivity index (χ0v) is 44.2. The molecular formula is C56H47F6IN12O2. The number of nitrogen functional groups attached to an aromatic ring is 2. The lowest BCUT2D eigenvalue weighted by atomic mass is 9.97. The molecule has 0 aliphatic heterocycles. The van der Waals surface area contributed by atoms with Gasteiger partial charge < -0.3 is 21.7 Å². The Morgan fingerprint density at radius 1 is 0.597 bits per heavy atom. The summed E-state index contributed by atoms with van der Waals surface area (Å²) in [6.07, 6.45) is -1.67. The zero-order valence-electron chi connectivity index (χ0n) is 42.1. The number of pyridine rings is 2. The monoisotopic (exact) mass is 1160 g/mol. The third kappa shape index (κ3) is 12.2. The van der Waals surface area contributed by atoms with Crippen LogP contribution in [0.15, 0.2) is 110 Å². The molecule has 0 atom stereocenters. The maximum atomic E-state index is 14.0. The first-order valence-electron chi connectivity index (χ1n) is 23.4. The number of nitrogens with two attached hydrogens (primary N) is 2. The molecule has 392 valence electrons. The van der Waals surface area contributed by atoms with E-state index < -0.39 is 34.7 Å². The van der Waals surface area contributed by atoms with Crippen molar-refractivity contribution in [1.82, 2.24) is 49.5 Å². The molecule has 0 radical (unpaired) electrons. The van der Waals surface area contributed by atoms with Gasteiger partial charge in [0.1, 0.15) is 44.9 Å². The van der Waals surface area contributed by atoms with Crippen LogP contribution in [0.25, 0.3) is 66.4 Å². The van der Waals surface area contributed by atoms with Crippen molar-refractivity contribution in [2.24, 2.45) is 0 Å². The molecule has 10 rings (SSSR count). The van der Waals surface area contributed by atoms with Crippen LogP contribution >= 0.6 is 22.6 Å². The first kappa shape index (κ1) is 55.0. The molecule has 0 bridgehead atoms. The van der Waals surface area contributed by atoms with Crippen molar-refractivity contribution in [3.8, 4) is 46.7 Å². The van der Waals surface area contributed by atoms with Gasteiger partial charge in [-0.25, -0.2) is 39.3 Å². The Balaban J connectivity index is 0.000000186. The Labute approximate surface area is 450 Å². The normalized spacial score (nSPS) is 11.9. The third-order valence-electron chi connectivity index (χ3n) is 11.8. The fourth-order valence-electron chi connectivity index (χ4n) is 8.22. The van der Waals surface area contributed by atoms with E-state index in [-0.39, 0.29) is 47.1 Å². The second kappa shape index (κ2) is 21.4. The summed E-state index contributed by atoms with van der Waals surface area (Å²) >= 11 is 2.05. The smallest absolute Gasteiger partial charge is 0.383 e. The van der Waals surface area contributed by atoms with Crippen LogP contribution in [0.3, 0.4) is 0 Å². The van der Waals surface area contributed by atoms with Gasteiger partial charge in [-0.1, -0.05) is 84.6 Å². The van der Waals surface area contributed by atoms with Gasteiger partial charge in [0.25, 0.3) is 0 Å². The zero-order chi connectivity index (χ0) is 55.8. The minimum absolute atomic E-state index is 0.0189. The summed E-state index contributed by atoms with van der Waals surface area (Å²) in [6, 6.07) is 25.8. The van der Waals surface area contributed by atoms with E-state index in [0.29, 0.717) is 53.7 Å². The molecule has 21 heteroatoms. The average molecular weight is 1160 g/mol. The number of rotatable bonds is 6. The number of anilines is 2. The van der Waals surface area contributed by atoms with E-state index in [9.17, 15) is 31.4 Å². The number of aryl methyl sites for hydroxylation is 2. The van der Waals surface area contributed by atoms with Crippen molar-refractivity contribution in [1.29, 1.82) is 0 Å². The van der Waals surface area contributed by atoms with E-state index in [4.69, 9.17) is 33.0 Å². The first-order chi connectivity index (χ1) is 36.2. The lowest BCUT2D eigenvalue weighted by Gasteiger charge is -2.17. The summed E-state index contributed by atoms with van der Waals surface area (Å²) in [6.45, 7) is 10.1. The lowest BCUT2D eigenvalue weighted by molar-refractivity contribution is -0.137. The summed E-state index contributed by atoms with van der Waals surface area (Å²) < 4.78 is 87.4. The number of benzene rings is 4. The largest absolute Gasteiger partial charge is 0.417 e. The molecule has 0 amide bonds. The van der Waals surface area contributed by atoms with Crippen LogP contribution in [0.4, 0.5) is 38.0 Å².